The normalized spacial score (nSPS) is 13.7. The zero-order valence-corrected chi connectivity index (χ0v) is 21.0. The summed E-state index contributed by atoms with van der Waals surface area (Å²) < 4.78 is 0. The zero-order valence-electron chi connectivity index (χ0n) is 21.0. The minimum absolute atomic E-state index is 0.132. The van der Waals surface area contributed by atoms with Gasteiger partial charge in [0.1, 0.15) is 6.04 Å². The van der Waals surface area contributed by atoms with Gasteiger partial charge in [0.25, 0.3) is 11.8 Å². The number of amides is 4. The molecule has 7 nitrogen and oxygen atoms in total. The first-order valence-electron chi connectivity index (χ1n) is 12.3. The Hall–Kier alpha value is -3.48. The van der Waals surface area contributed by atoms with Crippen LogP contribution in [0.15, 0.2) is 48.5 Å². The van der Waals surface area contributed by atoms with E-state index in [-0.39, 0.29) is 36.6 Å². The molecule has 1 heterocycles. The van der Waals surface area contributed by atoms with Crippen molar-refractivity contribution in [2.45, 2.75) is 59.5 Å². The lowest BCUT2D eigenvalue weighted by Crippen LogP contribution is -2.49. The molecule has 35 heavy (non-hydrogen) atoms. The summed E-state index contributed by atoms with van der Waals surface area (Å²) in [5.74, 6) is -0.680. The van der Waals surface area contributed by atoms with E-state index in [4.69, 9.17) is 0 Å². The summed E-state index contributed by atoms with van der Waals surface area (Å²) in [6.45, 7) is 8.96. The average Bonchev–Trinajstić information content (AvgIpc) is 3.08. The highest BCUT2D eigenvalue weighted by Gasteiger charge is 2.35. The van der Waals surface area contributed by atoms with E-state index in [1.54, 1.807) is 29.2 Å². The van der Waals surface area contributed by atoms with Crippen LogP contribution in [0.25, 0.3) is 0 Å². The quantitative estimate of drug-likeness (QED) is 0.497. The Bertz CT molecular complexity index is 1060. The first-order chi connectivity index (χ1) is 16.7. The maximum atomic E-state index is 13.4. The molecule has 0 radical (unpaired) electrons. The van der Waals surface area contributed by atoms with E-state index in [9.17, 15) is 19.2 Å². The van der Waals surface area contributed by atoms with Crippen LogP contribution in [0.1, 0.15) is 71.9 Å². The van der Waals surface area contributed by atoms with Crippen LogP contribution < -0.4 is 5.32 Å². The predicted molar refractivity (Wildman–Crippen MR) is 135 cm³/mol. The van der Waals surface area contributed by atoms with E-state index in [1.807, 2.05) is 52.0 Å². The molecule has 0 fully saturated rings. The van der Waals surface area contributed by atoms with E-state index in [2.05, 4.69) is 5.32 Å². The second-order valence-corrected chi connectivity index (χ2v) is 9.42. The van der Waals surface area contributed by atoms with Crippen molar-refractivity contribution >= 4 is 23.6 Å². The van der Waals surface area contributed by atoms with Gasteiger partial charge in [0.15, 0.2) is 0 Å². The van der Waals surface area contributed by atoms with E-state index in [1.165, 1.54) is 4.90 Å². The molecule has 0 saturated heterocycles. The van der Waals surface area contributed by atoms with Crippen molar-refractivity contribution in [1.29, 1.82) is 0 Å². The van der Waals surface area contributed by atoms with Gasteiger partial charge in [0.05, 0.1) is 11.1 Å². The van der Waals surface area contributed by atoms with Gasteiger partial charge in [-0.2, -0.15) is 0 Å². The van der Waals surface area contributed by atoms with Crippen molar-refractivity contribution in [1.82, 2.24) is 15.1 Å². The smallest absolute Gasteiger partial charge is 0.261 e. The fourth-order valence-corrected chi connectivity index (χ4v) is 4.29. The highest BCUT2D eigenvalue weighted by molar-refractivity contribution is 6.21. The summed E-state index contributed by atoms with van der Waals surface area (Å²) in [6.07, 6.45) is 0.950. The van der Waals surface area contributed by atoms with Crippen LogP contribution in [-0.4, -0.2) is 52.6 Å². The van der Waals surface area contributed by atoms with Crippen LogP contribution >= 0.6 is 0 Å². The fourth-order valence-electron chi connectivity index (χ4n) is 4.29. The monoisotopic (exact) mass is 477 g/mol. The number of fused-ring (bicyclic) bond motifs is 1. The number of carbonyl (C=O) groups excluding carboxylic acids is 4. The number of aryl methyl sites for hydroxylation is 1. The van der Waals surface area contributed by atoms with E-state index < -0.39 is 6.04 Å². The summed E-state index contributed by atoms with van der Waals surface area (Å²) >= 11 is 0. The summed E-state index contributed by atoms with van der Waals surface area (Å²) in [4.78, 5) is 54.5. The Balaban J connectivity index is 1.71. The zero-order chi connectivity index (χ0) is 25.5. The fraction of sp³-hybridized carbons (Fsp3) is 0.429. The van der Waals surface area contributed by atoms with Gasteiger partial charge in [-0.15, -0.1) is 0 Å². The van der Waals surface area contributed by atoms with Crippen LogP contribution in [-0.2, 0) is 16.1 Å². The molecule has 186 valence electrons. The number of carbonyl (C=O) groups is 4. The first kappa shape index (κ1) is 26.1. The molecule has 4 amide bonds. The van der Waals surface area contributed by atoms with Gasteiger partial charge in [0.2, 0.25) is 11.8 Å². The van der Waals surface area contributed by atoms with E-state index in [0.717, 1.165) is 11.1 Å². The van der Waals surface area contributed by atoms with Gasteiger partial charge in [-0.3, -0.25) is 24.1 Å². The van der Waals surface area contributed by atoms with Crippen LogP contribution in [0.5, 0.6) is 0 Å². The Morgan fingerprint density at radius 1 is 0.971 bits per heavy atom. The topological polar surface area (TPSA) is 86.8 Å². The molecule has 1 aliphatic heterocycles. The maximum Gasteiger partial charge on any atom is 0.261 e. The molecule has 0 bridgehead atoms. The number of imide groups is 1. The summed E-state index contributed by atoms with van der Waals surface area (Å²) in [5, 5.41) is 2.96. The lowest BCUT2D eigenvalue weighted by atomic mass is 10.0. The summed E-state index contributed by atoms with van der Waals surface area (Å²) in [7, 11) is 0. The van der Waals surface area contributed by atoms with Gasteiger partial charge < -0.3 is 10.2 Å². The number of nitrogens with one attached hydrogen (secondary N) is 1. The van der Waals surface area contributed by atoms with E-state index in [0.29, 0.717) is 43.0 Å². The van der Waals surface area contributed by atoms with E-state index >= 15 is 0 Å². The van der Waals surface area contributed by atoms with Crippen LogP contribution in [0.2, 0.25) is 0 Å². The standard InChI is InChI=1S/C28H35N3O4/c1-5-24(26(33)29-17-19(2)3)31(18-21-12-7-6-11-20(21)4)25(32)15-10-16-30-27(34)22-13-8-9-14-23(22)28(30)35/h6-9,11-14,19,24H,5,10,15-18H2,1-4H3,(H,29,33). The lowest BCUT2D eigenvalue weighted by molar-refractivity contribution is -0.141. The Morgan fingerprint density at radius 2 is 1.57 bits per heavy atom. The lowest BCUT2D eigenvalue weighted by Gasteiger charge is -2.31. The highest BCUT2D eigenvalue weighted by atomic mass is 16.2. The van der Waals surface area contributed by atoms with Crippen LogP contribution in [0, 0.1) is 12.8 Å². The van der Waals surface area contributed by atoms with Crippen molar-refractivity contribution in [3.05, 3.63) is 70.8 Å². The molecular formula is C28H35N3O4. The van der Waals surface area contributed by atoms with Gasteiger partial charge in [-0.25, -0.2) is 0 Å². The second kappa shape index (κ2) is 11.8. The number of hydrogen-bond acceptors (Lipinski definition) is 4. The summed E-state index contributed by atoms with van der Waals surface area (Å²) in [6, 6.07) is 14.0. The van der Waals surface area contributed by atoms with Crippen LogP contribution in [0.4, 0.5) is 0 Å². The molecule has 1 aliphatic rings. The van der Waals surface area contributed by atoms with Gasteiger partial charge in [-0.1, -0.05) is 57.2 Å². The highest BCUT2D eigenvalue weighted by Crippen LogP contribution is 2.23. The third-order valence-electron chi connectivity index (χ3n) is 6.32. The molecular weight excluding hydrogens is 442 g/mol. The molecule has 0 aliphatic carbocycles. The molecule has 1 atom stereocenters. The van der Waals surface area contributed by atoms with Gasteiger partial charge in [0, 0.05) is 26.1 Å². The van der Waals surface area contributed by atoms with Crippen molar-refractivity contribution in [2.75, 3.05) is 13.1 Å². The molecule has 0 spiro atoms. The maximum absolute atomic E-state index is 13.4. The Morgan fingerprint density at radius 3 is 2.14 bits per heavy atom. The first-order valence-corrected chi connectivity index (χ1v) is 12.3. The third kappa shape index (κ3) is 6.15. The molecule has 2 aromatic carbocycles. The molecule has 1 N–H and O–H groups in total. The largest absolute Gasteiger partial charge is 0.354 e. The van der Waals surface area contributed by atoms with Gasteiger partial charge in [-0.05, 0) is 48.9 Å². The van der Waals surface area contributed by atoms with Crippen molar-refractivity contribution < 1.29 is 19.2 Å². The predicted octanol–water partition coefficient (Wildman–Crippen LogP) is 3.95. The van der Waals surface area contributed by atoms with Crippen molar-refractivity contribution in [3.63, 3.8) is 0 Å². The minimum atomic E-state index is -0.597. The van der Waals surface area contributed by atoms with Gasteiger partial charge >= 0.3 is 0 Å². The van der Waals surface area contributed by atoms with Crippen molar-refractivity contribution in [2.24, 2.45) is 5.92 Å². The number of rotatable bonds is 11. The second-order valence-electron chi connectivity index (χ2n) is 9.42. The molecule has 7 heteroatoms. The molecule has 0 aromatic heterocycles. The SMILES string of the molecule is CCC(C(=O)NCC(C)C)N(Cc1ccccc1C)C(=O)CCCN1C(=O)c2ccccc2C1=O. The Kier molecular flexibility index (Phi) is 8.79. The number of nitrogens with zero attached hydrogens (tertiary/aromatic N) is 2. The molecule has 3 rings (SSSR count). The average molecular weight is 478 g/mol. The summed E-state index contributed by atoms with van der Waals surface area (Å²) in [5.41, 5.74) is 2.83. The number of hydrogen-bond donors (Lipinski definition) is 1. The molecule has 2 aromatic rings. The third-order valence-corrected chi connectivity index (χ3v) is 6.32. The van der Waals surface area contributed by atoms with Crippen LogP contribution in [0.3, 0.4) is 0 Å². The molecule has 0 saturated carbocycles. The molecule has 1 unspecified atom stereocenters. The number of benzene rings is 2. The van der Waals surface area contributed by atoms with Crippen molar-refractivity contribution in [3.8, 4) is 0 Å². The Labute approximate surface area is 207 Å². The minimum Gasteiger partial charge on any atom is -0.354 e.